The summed E-state index contributed by atoms with van der Waals surface area (Å²) in [5, 5.41) is 0.628. The Bertz CT molecular complexity index is 1510. The van der Waals surface area contributed by atoms with Crippen LogP contribution in [0.15, 0.2) is 85.1 Å². The molecule has 7 heteroatoms. The third-order valence-corrected chi connectivity index (χ3v) is 7.45. The first-order chi connectivity index (χ1) is 18.0. The lowest BCUT2D eigenvalue weighted by Gasteiger charge is -2.34. The second-order valence-electron chi connectivity index (χ2n) is 9.63. The molecule has 1 unspecified atom stereocenters. The lowest BCUT2D eigenvalue weighted by atomic mass is 9.95. The van der Waals surface area contributed by atoms with Crippen LogP contribution >= 0.6 is 11.6 Å². The molecule has 0 saturated carbocycles. The maximum Gasteiger partial charge on any atom is 0.160 e. The molecule has 0 radical (unpaired) electrons. The quantitative estimate of drug-likeness (QED) is 0.298. The van der Waals surface area contributed by atoms with E-state index in [2.05, 4.69) is 62.1 Å². The monoisotopic (exact) mass is 511 g/mol. The Balaban J connectivity index is 1.38. The average molecular weight is 512 g/mol. The summed E-state index contributed by atoms with van der Waals surface area (Å²) in [5.74, 6) is -0.307. The van der Waals surface area contributed by atoms with Gasteiger partial charge in [0.05, 0.1) is 11.1 Å². The molecule has 6 rings (SSSR count). The highest BCUT2D eigenvalue weighted by Gasteiger charge is 2.20. The second-order valence-corrected chi connectivity index (χ2v) is 10.2. The number of fused-ring (bicyclic) bond motifs is 1. The highest BCUT2D eigenvalue weighted by molar-refractivity contribution is 6.22. The van der Waals surface area contributed by atoms with Crippen LogP contribution in [0.1, 0.15) is 12.1 Å². The maximum absolute atomic E-state index is 14.8. The van der Waals surface area contributed by atoms with E-state index in [1.165, 1.54) is 11.8 Å². The topological polar surface area (TPSA) is 45.2 Å². The van der Waals surface area contributed by atoms with Crippen molar-refractivity contribution in [3.05, 3.63) is 90.8 Å². The molecule has 37 heavy (non-hydrogen) atoms. The SMILES string of the molecule is CN1CCN(c2ccc(-c3cncc(-c4cc(C5=C(F)C=CC(Cl)C5)nc5ncccc45)c3)cc2)CC1. The van der Waals surface area contributed by atoms with Gasteiger partial charge in [0.2, 0.25) is 0 Å². The second kappa shape index (κ2) is 10.0. The van der Waals surface area contributed by atoms with Gasteiger partial charge in [0.1, 0.15) is 5.83 Å². The molecule has 1 aliphatic carbocycles. The maximum atomic E-state index is 14.8. The fraction of sp³-hybridized carbons (Fsp3) is 0.233. The Morgan fingerprint density at radius 1 is 0.946 bits per heavy atom. The molecule has 0 amide bonds. The van der Waals surface area contributed by atoms with Crippen molar-refractivity contribution in [2.24, 2.45) is 0 Å². The normalized spacial score (nSPS) is 18.6. The Morgan fingerprint density at radius 3 is 2.54 bits per heavy atom. The number of hydrogen-bond donors (Lipinski definition) is 0. The van der Waals surface area contributed by atoms with Crippen molar-refractivity contribution >= 4 is 33.9 Å². The van der Waals surface area contributed by atoms with Crippen LogP contribution in [0.4, 0.5) is 10.1 Å². The molecule has 1 fully saturated rings. The fourth-order valence-corrected chi connectivity index (χ4v) is 5.23. The van der Waals surface area contributed by atoms with E-state index in [-0.39, 0.29) is 11.2 Å². The number of allylic oxidation sites excluding steroid dienone is 4. The van der Waals surface area contributed by atoms with Crippen LogP contribution in [0.5, 0.6) is 0 Å². The molecule has 0 spiro atoms. The summed E-state index contributed by atoms with van der Waals surface area (Å²) in [6, 6.07) is 16.6. The van der Waals surface area contributed by atoms with E-state index in [0.717, 1.165) is 53.8 Å². The number of pyridine rings is 3. The minimum absolute atomic E-state index is 0.266. The standard InChI is InChI=1S/C30H27ClFN5/c1-36-11-13-37(14-12-36)24-7-4-20(5-8-24)21-15-22(19-33-18-21)26-17-29(27-16-23(31)6-9-28(27)32)35-30-25(26)3-2-10-34-30/h2-10,15,17-19,23H,11-14,16H2,1H3. The van der Waals surface area contributed by atoms with Gasteiger partial charge in [0, 0.05) is 72.5 Å². The van der Waals surface area contributed by atoms with E-state index in [9.17, 15) is 4.39 Å². The number of rotatable bonds is 4. The fourth-order valence-electron chi connectivity index (χ4n) is 5.00. The van der Waals surface area contributed by atoms with Gasteiger partial charge in [-0.3, -0.25) is 4.98 Å². The van der Waals surface area contributed by atoms with Crippen molar-refractivity contribution in [1.82, 2.24) is 19.9 Å². The average Bonchev–Trinajstić information content (AvgIpc) is 2.94. The van der Waals surface area contributed by atoms with Gasteiger partial charge < -0.3 is 9.80 Å². The van der Waals surface area contributed by atoms with Crippen LogP contribution in [0, 0.1) is 0 Å². The summed E-state index contributed by atoms with van der Waals surface area (Å²) in [7, 11) is 2.17. The zero-order valence-electron chi connectivity index (χ0n) is 20.6. The highest BCUT2D eigenvalue weighted by Crippen LogP contribution is 2.36. The summed E-state index contributed by atoms with van der Waals surface area (Å²) >= 11 is 6.31. The van der Waals surface area contributed by atoms with Crippen molar-refractivity contribution < 1.29 is 4.39 Å². The zero-order chi connectivity index (χ0) is 25.4. The van der Waals surface area contributed by atoms with E-state index < -0.39 is 0 Å². The van der Waals surface area contributed by atoms with Gasteiger partial charge >= 0.3 is 0 Å². The largest absolute Gasteiger partial charge is 0.369 e. The number of likely N-dealkylation sites (N-methyl/N-ethyl adjacent to an activating group) is 1. The third-order valence-electron chi connectivity index (χ3n) is 7.15. The van der Waals surface area contributed by atoms with Crippen molar-refractivity contribution in [2.45, 2.75) is 11.8 Å². The van der Waals surface area contributed by atoms with Crippen LogP contribution in [0.2, 0.25) is 0 Å². The van der Waals surface area contributed by atoms with Crippen molar-refractivity contribution in [3.63, 3.8) is 0 Å². The van der Waals surface area contributed by atoms with Crippen LogP contribution in [0.3, 0.4) is 0 Å². The first kappa shape index (κ1) is 23.8. The number of nitrogens with zero attached hydrogens (tertiary/aromatic N) is 5. The van der Waals surface area contributed by atoms with Gasteiger partial charge in [-0.05, 0) is 67.1 Å². The predicted molar refractivity (Wildman–Crippen MR) is 149 cm³/mol. The van der Waals surface area contributed by atoms with Crippen LogP contribution in [0.25, 0.3) is 38.9 Å². The summed E-state index contributed by atoms with van der Waals surface area (Å²) < 4.78 is 14.8. The molecule has 5 nitrogen and oxygen atoms in total. The van der Waals surface area contributed by atoms with Crippen LogP contribution in [-0.4, -0.2) is 58.5 Å². The predicted octanol–water partition coefficient (Wildman–Crippen LogP) is 6.36. The summed E-state index contributed by atoms with van der Waals surface area (Å²) in [5.41, 5.74) is 6.82. The summed E-state index contributed by atoms with van der Waals surface area (Å²) in [6.07, 6.45) is 8.89. The first-order valence-electron chi connectivity index (χ1n) is 12.5. The molecule has 4 heterocycles. The molecule has 0 bridgehead atoms. The number of halogens is 2. The summed E-state index contributed by atoms with van der Waals surface area (Å²) in [4.78, 5) is 18.5. The molecule has 186 valence electrons. The highest BCUT2D eigenvalue weighted by atomic mass is 35.5. The molecule has 0 N–H and O–H groups in total. The third kappa shape index (κ3) is 4.87. The van der Waals surface area contributed by atoms with Crippen molar-refractivity contribution in [1.29, 1.82) is 0 Å². The van der Waals surface area contributed by atoms with E-state index in [1.807, 2.05) is 30.6 Å². The number of piperazine rings is 1. The molecule has 1 aromatic carbocycles. The lowest BCUT2D eigenvalue weighted by Crippen LogP contribution is -2.44. The lowest BCUT2D eigenvalue weighted by molar-refractivity contribution is 0.313. The minimum Gasteiger partial charge on any atom is -0.369 e. The Kier molecular flexibility index (Phi) is 6.45. The molecular formula is C30H27ClFN5. The number of aromatic nitrogens is 3. The van der Waals surface area contributed by atoms with Gasteiger partial charge in [0.15, 0.2) is 5.65 Å². The molecule has 1 saturated heterocycles. The van der Waals surface area contributed by atoms with Gasteiger partial charge in [0.25, 0.3) is 0 Å². The Labute approximate surface area is 220 Å². The number of benzene rings is 1. The number of anilines is 1. The van der Waals surface area contributed by atoms with Gasteiger partial charge in [-0.25, -0.2) is 14.4 Å². The Morgan fingerprint density at radius 2 is 1.73 bits per heavy atom. The zero-order valence-corrected chi connectivity index (χ0v) is 21.4. The van der Waals surface area contributed by atoms with Crippen molar-refractivity contribution in [2.75, 3.05) is 38.1 Å². The van der Waals surface area contributed by atoms with E-state index >= 15 is 0 Å². The first-order valence-corrected chi connectivity index (χ1v) is 13.0. The van der Waals surface area contributed by atoms with Gasteiger partial charge in [-0.15, -0.1) is 11.6 Å². The van der Waals surface area contributed by atoms with E-state index in [0.29, 0.717) is 23.3 Å². The van der Waals surface area contributed by atoms with E-state index in [1.54, 1.807) is 12.3 Å². The number of alkyl halides is 1. The smallest absolute Gasteiger partial charge is 0.160 e. The summed E-state index contributed by atoms with van der Waals surface area (Å²) in [6.45, 7) is 4.23. The van der Waals surface area contributed by atoms with Crippen LogP contribution in [-0.2, 0) is 0 Å². The minimum atomic E-state index is -0.307. The Hall–Kier alpha value is -3.61. The van der Waals surface area contributed by atoms with Crippen molar-refractivity contribution in [3.8, 4) is 22.3 Å². The molecule has 1 atom stereocenters. The van der Waals surface area contributed by atoms with Gasteiger partial charge in [-0.1, -0.05) is 18.2 Å². The van der Waals surface area contributed by atoms with Gasteiger partial charge in [-0.2, -0.15) is 0 Å². The number of hydrogen-bond acceptors (Lipinski definition) is 5. The van der Waals surface area contributed by atoms with E-state index in [4.69, 9.17) is 11.6 Å². The molecule has 4 aromatic rings. The molecular weight excluding hydrogens is 485 g/mol. The molecule has 1 aliphatic heterocycles. The molecule has 3 aromatic heterocycles. The molecule has 2 aliphatic rings. The van der Waals surface area contributed by atoms with Crippen LogP contribution < -0.4 is 4.90 Å².